The lowest BCUT2D eigenvalue weighted by atomic mass is 9.81. The van der Waals surface area contributed by atoms with Gasteiger partial charge in [0.1, 0.15) is 42.4 Å². The Morgan fingerprint density at radius 3 is 1.16 bits per heavy atom. The molecule has 3 heterocycles. The fraction of sp³-hybridized carbons (Fsp3) is 0.905. The summed E-state index contributed by atoms with van der Waals surface area (Å²) in [4.78, 5) is 77.7. The zero-order chi connectivity index (χ0) is 65.7. The van der Waals surface area contributed by atoms with Crippen molar-refractivity contribution in [3.8, 4) is 0 Å². The van der Waals surface area contributed by atoms with Crippen LogP contribution in [-0.2, 0) is 52.5 Å². The largest absolute Gasteiger partial charge is 0.394 e. The Hall–Kier alpha value is -3.58. The first-order valence-corrected chi connectivity index (χ1v) is 33.3. The summed E-state index contributed by atoms with van der Waals surface area (Å²) >= 11 is 0. The van der Waals surface area contributed by atoms with Crippen molar-refractivity contribution in [3.05, 3.63) is 0 Å². The lowest BCUT2D eigenvalue weighted by Gasteiger charge is -2.41. The van der Waals surface area contributed by atoms with Gasteiger partial charge in [-0.3, -0.25) is 28.8 Å². The van der Waals surface area contributed by atoms with E-state index in [-0.39, 0.29) is 79.3 Å². The van der Waals surface area contributed by atoms with Crippen LogP contribution in [0.2, 0.25) is 0 Å². The molecule has 89 heavy (non-hydrogen) atoms. The number of unbranched alkanes of at least 4 members (excludes halogenated alkanes) is 8. The lowest BCUT2D eigenvalue weighted by molar-refractivity contribution is -0.282. The molecule has 0 saturated carbocycles. The molecule has 3 rings (SSSR count). The minimum absolute atomic E-state index is 0.0348. The van der Waals surface area contributed by atoms with Crippen LogP contribution in [0.1, 0.15) is 195 Å². The zero-order valence-corrected chi connectivity index (χ0v) is 54.0. The number of amides is 5. The minimum Gasteiger partial charge on any atom is -0.394 e. The molecule has 3 aliphatic rings. The molecule has 5 amide bonds. The number of aliphatic hydroxyl groups is 9. The summed E-state index contributed by atoms with van der Waals surface area (Å²) in [6, 6.07) is -0.0438. The summed E-state index contributed by atoms with van der Waals surface area (Å²) in [5.74, 6) is -1.86. The van der Waals surface area contributed by atoms with Crippen LogP contribution < -0.4 is 31.9 Å². The van der Waals surface area contributed by atoms with Crippen LogP contribution in [0.3, 0.4) is 0 Å². The van der Waals surface area contributed by atoms with Crippen molar-refractivity contribution < 1.29 is 98.4 Å². The van der Waals surface area contributed by atoms with Gasteiger partial charge in [0, 0.05) is 120 Å². The van der Waals surface area contributed by atoms with Gasteiger partial charge in [0.15, 0.2) is 12.6 Å². The highest BCUT2D eigenvalue weighted by atomic mass is 16.7. The molecule has 3 saturated heterocycles. The fourth-order valence-corrected chi connectivity index (χ4v) is 11.6. The third-order valence-corrected chi connectivity index (χ3v) is 17.4. The van der Waals surface area contributed by atoms with Crippen molar-refractivity contribution in [2.75, 3.05) is 65.8 Å². The van der Waals surface area contributed by atoms with Crippen molar-refractivity contribution >= 4 is 35.3 Å². The van der Waals surface area contributed by atoms with Gasteiger partial charge < -0.3 is 102 Å². The second-order valence-corrected chi connectivity index (χ2v) is 25.2. The number of Topliss-reactive ketones (excluding diaryl/α,β-unsaturated/α-hetero) is 1. The normalized spacial score (nSPS) is 27.8. The highest BCUT2D eigenvalue weighted by Crippen LogP contribution is 2.32. The van der Waals surface area contributed by atoms with Gasteiger partial charge in [0.2, 0.25) is 29.5 Å². The first-order chi connectivity index (χ1) is 42.6. The maximum atomic E-state index is 13.4. The molecule has 0 radical (unpaired) electrons. The maximum Gasteiger partial charge on any atom is 0.220 e. The molecule has 518 valence electrons. The quantitative estimate of drug-likeness (QED) is 0.0377. The Bertz CT molecular complexity index is 1780. The van der Waals surface area contributed by atoms with E-state index in [1.807, 2.05) is 20.8 Å². The van der Waals surface area contributed by atoms with Crippen LogP contribution in [0.4, 0.5) is 0 Å². The van der Waals surface area contributed by atoms with Crippen LogP contribution in [0.25, 0.3) is 0 Å². The van der Waals surface area contributed by atoms with Crippen molar-refractivity contribution in [2.45, 2.75) is 280 Å². The van der Waals surface area contributed by atoms with E-state index in [2.05, 4.69) is 31.9 Å². The Balaban J connectivity index is 1.39. The monoisotopic (exact) mass is 1280 g/mol. The Labute approximate surface area is 527 Å². The van der Waals surface area contributed by atoms with Crippen molar-refractivity contribution in [3.63, 3.8) is 0 Å². The standard InChI is InChI=1S/C63H116N6O20/c1-41(2)69-63(28-25-45(73)20-14-15-31-64-50(74)23-12-8-16-36-85-61-43(4)56(80)59(83)48(39-71)88-61,29-26-53(77)67-34-18-32-65-51(75)22-11-7-6-10-21-46-42(3)55(79)58(82)47(38-70)87-46)30-27-54(78)68-35-19-33-66-52(76)24-13-9-17-37-86-62-44(5)57(81)60(84)49(40-72)89-62/h41-44,46-49,55-62,69-72,79-84H,6-40H2,1-5H3,(H,64,74)(H,65,75)(H,66,76)(H,67,77)(H,68,78)/t42?,43?,44?,46-,47?,48?,49?,55+,56+,57+,58-,59-,60-,61+,62+,63?/m0/s1. The summed E-state index contributed by atoms with van der Waals surface area (Å²) in [6.45, 7) is 10.4. The number of rotatable bonds is 48. The van der Waals surface area contributed by atoms with E-state index in [9.17, 15) is 74.7 Å². The highest BCUT2D eigenvalue weighted by Gasteiger charge is 2.44. The molecule has 0 aromatic heterocycles. The molecule has 0 aromatic carbocycles. The van der Waals surface area contributed by atoms with Crippen LogP contribution in [0.5, 0.6) is 0 Å². The summed E-state index contributed by atoms with van der Waals surface area (Å²) in [5, 5.41) is 108. The number of carbonyl (C=O) groups is 6. The number of hydrogen-bond acceptors (Lipinski definition) is 21. The molecule has 0 aliphatic carbocycles. The summed E-state index contributed by atoms with van der Waals surface area (Å²) in [6.07, 6.45) is 1.93. The molecular formula is C63H116N6O20. The van der Waals surface area contributed by atoms with Gasteiger partial charge in [-0.2, -0.15) is 0 Å². The van der Waals surface area contributed by atoms with Crippen LogP contribution >= 0.6 is 0 Å². The molecule has 0 aromatic rings. The van der Waals surface area contributed by atoms with Gasteiger partial charge >= 0.3 is 0 Å². The predicted octanol–water partition coefficient (Wildman–Crippen LogP) is 0.927. The van der Waals surface area contributed by atoms with Crippen LogP contribution in [-0.4, -0.2) is 232 Å². The third-order valence-electron chi connectivity index (χ3n) is 17.4. The van der Waals surface area contributed by atoms with E-state index < -0.39 is 98.1 Å². The van der Waals surface area contributed by atoms with Crippen molar-refractivity contribution in [1.82, 2.24) is 31.9 Å². The number of ketones is 1. The zero-order valence-electron chi connectivity index (χ0n) is 54.0. The van der Waals surface area contributed by atoms with E-state index in [1.54, 1.807) is 13.8 Å². The molecule has 7 unspecified atom stereocenters. The van der Waals surface area contributed by atoms with Crippen molar-refractivity contribution in [2.24, 2.45) is 17.8 Å². The Morgan fingerprint density at radius 2 is 0.742 bits per heavy atom. The van der Waals surface area contributed by atoms with Gasteiger partial charge in [0.05, 0.1) is 44.2 Å². The topological polar surface area (TPSA) is 403 Å². The number of carbonyl (C=O) groups excluding carboxylic acids is 6. The van der Waals surface area contributed by atoms with E-state index in [4.69, 9.17) is 23.7 Å². The van der Waals surface area contributed by atoms with E-state index in [0.717, 1.165) is 25.7 Å². The fourth-order valence-electron chi connectivity index (χ4n) is 11.6. The van der Waals surface area contributed by atoms with Gasteiger partial charge in [-0.05, 0) is 83.5 Å². The summed E-state index contributed by atoms with van der Waals surface area (Å²) in [7, 11) is 0. The minimum atomic E-state index is -1.20. The molecule has 3 aliphatic heterocycles. The molecule has 15 N–H and O–H groups in total. The SMILES string of the molecule is CC(C)NC(CCC(=O)CCCCNC(=O)CCCCCO[C@@H]1OC(CO)[C@H](O)[C@H](O)C1C)(CCC(=O)NCCCNC(=O)CCCCCC[C@@H]1OC(CO)[C@H](O)[C@H](O)C1C)CCC(=O)NCCCNC(=O)CCCCCO[C@@H]1OC(CO)[C@H](O)[C@H](O)C1C. The second kappa shape index (κ2) is 44.9. The molecular weight excluding hydrogens is 1160 g/mol. The highest BCUT2D eigenvalue weighted by molar-refractivity contribution is 5.79. The van der Waals surface area contributed by atoms with Gasteiger partial charge in [-0.25, -0.2) is 0 Å². The smallest absolute Gasteiger partial charge is 0.220 e. The van der Waals surface area contributed by atoms with Gasteiger partial charge in [-0.15, -0.1) is 0 Å². The molecule has 26 heteroatoms. The van der Waals surface area contributed by atoms with Crippen molar-refractivity contribution in [1.29, 1.82) is 0 Å². The Kier molecular flexibility index (Phi) is 40.2. The molecule has 3 fully saturated rings. The van der Waals surface area contributed by atoms with Gasteiger partial charge in [0.25, 0.3) is 0 Å². The molecule has 26 nitrogen and oxygen atoms in total. The summed E-state index contributed by atoms with van der Waals surface area (Å²) in [5.41, 5.74) is -0.738. The second-order valence-electron chi connectivity index (χ2n) is 25.2. The van der Waals surface area contributed by atoms with E-state index >= 15 is 0 Å². The first kappa shape index (κ1) is 79.7. The number of aliphatic hydroxyl groups excluding tert-OH is 9. The summed E-state index contributed by atoms with van der Waals surface area (Å²) < 4.78 is 28.5. The number of nitrogens with one attached hydrogen (secondary N) is 6. The number of hydrogen-bond donors (Lipinski definition) is 15. The van der Waals surface area contributed by atoms with E-state index in [1.165, 1.54) is 0 Å². The molecule has 0 bridgehead atoms. The molecule has 0 spiro atoms. The first-order valence-electron chi connectivity index (χ1n) is 33.3. The van der Waals surface area contributed by atoms with E-state index in [0.29, 0.717) is 162 Å². The van der Waals surface area contributed by atoms with Crippen LogP contribution in [0, 0.1) is 17.8 Å². The maximum absolute atomic E-state index is 13.4. The third kappa shape index (κ3) is 30.8. The average Bonchev–Trinajstić information content (AvgIpc) is 1.78. The van der Waals surface area contributed by atoms with Gasteiger partial charge in [-0.1, -0.05) is 66.7 Å². The average molecular weight is 1280 g/mol. The lowest BCUT2D eigenvalue weighted by Crippen LogP contribution is -2.55. The predicted molar refractivity (Wildman–Crippen MR) is 329 cm³/mol. The van der Waals surface area contributed by atoms with Crippen LogP contribution in [0.15, 0.2) is 0 Å². The molecule has 16 atom stereocenters. The Morgan fingerprint density at radius 1 is 0.393 bits per heavy atom. The number of ether oxygens (including phenoxy) is 5.